The number of esters is 1. The second-order valence-corrected chi connectivity index (χ2v) is 6.26. The number of ether oxygens (including phenoxy) is 1. The maximum Gasteiger partial charge on any atom is 0.338 e. The molecule has 0 fully saturated rings. The van der Waals surface area contributed by atoms with Gasteiger partial charge in [-0.05, 0) is 39.8 Å². The SMILES string of the molecule is CCOC(=O)C1=C(CNC(C)(C)C)NC(=O)NC1c1ccco1. The average Bonchev–Trinajstić information content (AvgIpc) is 2.97. The number of carbonyl (C=O) groups is 2. The van der Waals surface area contributed by atoms with Gasteiger partial charge in [-0.1, -0.05) is 0 Å². The van der Waals surface area contributed by atoms with E-state index in [0.29, 0.717) is 23.6 Å². The van der Waals surface area contributed by atoms with Gasteiger partial charge in [-0.3, -0.25) is 0 Å². The Labute approximate surface area is 135 Å². The molecule has 2 heterocycles. The fourth-order valence-corrected chi connectivity index (χ4v) is 2.23. The van der Waals surface area contributed by atoms with Crippen LogP contribution < -0.4 is 16.0 Å². The van der Waals surface area contributed by atoms with E-state index in [2.05, 4.69) is 16.0 Å². The van der Waals surface area contributed by atoms with Gasteiger partial charge in [0.1, 0.15) is 11.8 Å². The summed E-state index contributed by atoms with van der Waals surface area (Å²) < 4.78 is 10.5. The van der Waals surface area contributed by atoms with Gasteiger partial charge in [-0.25, -0.2) is 9.59 Å². The first-order chi connectivity index (χ1) is 10.8. The van der Waals surface area contributed by atoms with Crippen LogP contribution in [0.3, 0.4) is 0 Å². The molecule has 1 unspecified atom stereocenters. The van der Waals surface area contributed by atoms with Crippen LogP contribution in [0.2, 0.25) is 0 Å². The molecule has 0 aromatic carbocycles. The highest BCUT2D eigenvalue weighted by molar-refractivity contribution is 5.95. The molecule has 0 spiro atoms. The van der Waals surface area contributed by atoms with Crippen molar-refractivity contribution < 1.29 is 18.7 Å². The van der Waals surface area contributed by atoms with Crippen molar-refractivity contribution >= 4 is 12.0 Å². The van der Waals surface area contributed by atoms with Crippen molar-refractivity contribution in [2.75, 3.05) is 13.2 Å². The minimum atomic E-state index is -0.672. The molecule has 2 amide bonds. The summed E-state index contributed by atoms with van der Waals surface area (Å²) in [7, 11) is 0. The van der Waals surface area contributed by atoms with E-state index in [4.69, 9.17) is 9.15 Å². The van der Waals surface area contributed by atoms with Crippen molar-refractivity contribution in [1.29, 1.82) is 0 Å². The summed E-state index contributed by atoms with van der Waals surface area (Å²) in [6.07, 6.45) is 1.50. The molecule has 1 aliphatic rings. The fourth-order valence-electron chi connectivity index (χ4n) is 2.23. The number of hydrogen-bond donors (Lipinski definition) is 3. The van der Waals surface area contributed by atoms with E-state index in [0.717, 1.165) is 0 Å². The maximum absolute atomic E-state index is 12.4. The van der Waals surface area contributed by atoms with Crippen LogP contribution in [0.1, 0.15) is 39.5 Å². The first kappa shape index (κ1) is 17.1. The zero-order valence-electron chi connectivity index (χ0n) is 13.9. The van der Waals surface area contributed by atoms with Gasteiger partial charge in [-0.15, -0.1) is 0 Å². The summed E-state index contributed by atoms with van der Waals surface area (Å²) in [5.41, 5.74) is 0.671. The second-order valence-electron chi connectivity index (χ2n) is 6.26. The Morgan fingerprint density at radius 2 is 2.17 bits per heavy atom. The molecule has 0 aliphatic carbocycles. The van der Waals surface area contributed by atoms with E-state index in [1.54, 1.807) is 19.1 Å². The number of rotatable bonds is 5. The van der Waals surface area contributed by atoms with Gasteiger partial charge in [0.15, 0.2) is 0 Å². The number of amides is 2. The molecule has 0 radical (unpaired) electrons. The molecule has 126 valence electrons. The van der Waals surface area contributed by atoms with Gasteiger partial charge in [0, 0.05) is 17.8 Å². The minimum absolute atomic E-state index is 0.164. The van der Waals surface area contributed by atoms with Crippen LogP contribution in [0.5, 0.6) is 0 Å². The van der Waals surface area contributed by atoms with Crippen LogP contribution in [-0.4, -0.2) is 30.7 Å². The van der Waals surface area contributed by atoms with Crippen molar-refractivity contribution in [3.8, 4) is 0 Å². The smallest absolute Gasteiger partial charge is 0.338 e. The van der Waals surface area contributed by atoms with Crippen molar-refractivity contribution in [2.24, 2.45) is 0 Å². The number of carbonyl (C=O) groups excluding carboxylic acids is 2. The molecule has 3 N–H and O–H groups in total. The largest absolute Gasteiger partial charge is 0.467 e. The van der Waals surface area contributed by atoms with Crippen LogP contribution in [0.25, 0.3) is 0 Å². The number of furan rings is 1. The maximum atomic E-state index is 12.4. The standard InChI is InChI=1S/C16H23N3O4/c1-5-22-14(20)12-10(9-17-16(2,3)4)18-15(21)19-13(12)11-7-6-8-23-11/h6-8,13,17H,5,9H2,1-4H3,(H2,18,19,21). The Bertz CT molecular complexity index is 599. The zero-order valence-corrected chi connectivity index (χ0v) is 13.9. The molecule has 1 aliphatic heterocycles. The lowest BCUT2D eigenvalue weighted by Gasteiger charge is -2.30. The Kier molecular flexibility index (Phi) is 5.10. The highest BCUT2D eigenvalue weighted by Gasteiger charge is 2.35. The lowest BCUT2D eigenvalue weighted by atomic mass is 9.99. The highest BCUT2D eigenvalue weighted by atomic mass is 16.5. The van der Waals surface area contributed by atoms with Crippen molar-refractivity contribution in [2.45, 2.75) is 39.3 Å². The number of urea groups is 1. The normalized spacial score (nSPS) is 18.4. The summed E-state index contributed by atoms with van der Waals surface area (Å²) in [5, 5.41) is 8.67. The van der Waals surface area contributed by atoms with Crippen molar-refractivity contribution in [1.82, 2.24) is 16.0 Å². The van der Waals surface area contributed by atoms with E-state index in [1.807, 2.05) is 20.8 Å². The summed E-state index contributed by atoms with van der Waals surface area (Å²) in [6.45, 7) is 8.34. The second kappa shape index (κ2) is 6.87. The van der Waals surface area contributed by atoms with Crippen LogP contribution in [0, 0.1) is 0 Å². The molecular weight excluding hydrogens is 298 g/mol. The van der Waals surface area contributed by atoms with Gasteiger partial charge < -0.3 is 25.1 Å². The Morgan fingerprint density at radius 3 is 2.74 bits per heavy atom. The van der Waals surface area contributed by atoms with Gasteiger partial charge in [0.05, 0.1) is 18.4 Å². The highest BCUT2D eigenvalue weighted by Crippen LogP contribution is 2.28. The summed E-state index contributed by atoms with van der Waals surface area (Å²) in [6, 6.07) is 2.36. The lowest BCUT2D eigenvalue weighted by Crippen LogP contribution is -2.49. The van der Waals surface area contributed by atoms with E-state index in [1.165, 1.54) is 6.26 Å². The molecule has 23 heavy (non-hydrogen) atoms. The molecule has 2 rings (SSSR count). The van der Waals surface area contributed by atoms with Crippen molar-refractivity contribution in [3.05, 3.63) is 35.4 Å². The van der Waals surface area contributed by atoms with Crippen LogP contribution in [-0.2, 0) is 9.53 Å². The average molecular weight is 321 g/mol. The number of hydrogen-bond acceptors (Lipinski definition) is 5. The fraction of sp³-hybridized carbons (Fsp3) is 0.500. The predicted octanol–water partition coefficient (Wildman–Crippen LogP) is 1.84. The third-order valence-electron chi connectivity index (χ3n) is 3.27. The van der Waals surface area contributed by atoms with E-state index in [-0.39, 0.29) is 18.2 Å². The molecule has 1 aromatic heterocycles. The first-order valence-corrected chi connectivity index (χ1v) is 7.58. The zero-order chi connectivity index (χ0) is 17.0. The van der Waals surface area contributed by atoms with E-state index >= 15 is 0 Å². The lowest BCUT2D eigenvalue weighted by molar-refractivity contribution is -0.139. The third-order valence-corrected chi connectivity index (χ3v) is 3.27. The minimum Gasteiger partial charge on any atom is -0.467 e. The quantitative estimate of drug-likeness (QED) is 0.720. The molecular formula is C16H23N3O4. The van der Waals surface area contributed by atoms with Gasteiger partial charge >= 0.3 is 12.0 Å². The third kappa shape index (κ3) is 4.35. The van der Waals surface area contributed by atoms with E-state index < -0.39 is 12.0 Å². The number of nitrogens with one attached hydrogen (secondary N) is 3. The first-order valence-electron chi connectivity index (χ1n) is 7.58. The molecule has 0 saturated carbocycles. The van der Waals surface area contributed by atoms with Crippen molar-refractivity contribution in [3.63, 3.8) is 0 Å². The molecule has 0 saturated heterocycles. The Balaban J connectivity index is 2.40. The van der Waals surface area contributed by atoms with Gasteiger partial charge in [-0.2, -0.15) is 0 Å². The topological polar surface area (TPSA) is 92.6 Å². The van der Waals surface area contributed by atoms with E-state index in [9.17, 15) is 9.59 Å². The molecule has 1 atom stereocenters. The molecule has 0 bridgehead atoms. The van der Waals surface area contributed by atoms with Gasteiger partial charge in [0.2, 0.25) is 0 Å². The monoisotopic (exact) mass is 321 g/mol. The summed E-state index contributed by atoms with van der Waals surface area (Å²) >= 11 is 0. The van der Waals surface area contributed by atoms with Crippen LogP contribution in [0.15, 0.2) is 34.1 Å². The summed E-state index contributed by atoms with van der Waals surface area (Å²) in [5.74, 6) is 0.00303. The van der Waals surface area contributed by atoms with Crippen LogP contribution >= 0.6 is 0 Å². The summed E-state index contributed by atoms with van der Waals surface area (Å²) in [4.78, 5) is 24.4. The Hall–Kier alpha value is -2.28. The van der Waals surface area contributed by atoms with Gasteiger partial charge in [0.25, 0.3) is 0 Å². The molecule has 1 aromatic rings. The van der Waals surface area contributed by atoms with Crippen LogP contribution in [0.4, 0.5) is 4.79 Å². The molecule has 7 nitrogen and oxygen atoms in total. The molecule has 7 heteroatoms. The predicted molar refractivity (Wildman–Crippen MR) is 84.5 cm³/mol. The Morgan fingerprint density at radius 1 is 1.43 bits per heavy atom.